The maximum atomic E-state index is 12.2. The first-order chi connectivity index (χ1) is 11.1. The van der Waals surface area contributed by atoms with Gasteiger partial charge in [0.1, 0.15) is 5.75 Å². The van der Waals surface area contributed by atoms with Crippen LogP contribution in [-0.2, 0) is 0 Å². The summed E-state index contributed by atoms with van der Waals surface area (Å²) in [4.78, 5) is 22.5. The third kappa shape index (κ3) is 5.23. The van der Waals surface area contributed by atoms with Crippen LogP contribution in [-0.4, -0.2) is 55.1 Å². The van der Waals surface area contributed by atoms with Crippen LogP contribution in [0.2, 0.25) is 0 Å². The molecule has 0 aliphatic rings. The summed E-state index contributed by atoms with van der Waals surface area (Å²) < 4.78 is 5.12. The number of rotatable bonds is 7. The fraction of sp³-hybridized carbons (Fsp3) is 0.312. The van der Waals surface area contributed by atoms with Gasteiger partial charge in [0, 0.05) is 37.2 Å². The van der Waals surface area contributed by atoms with Crippen molar-refractivity contribution in [1.29, 1.82) is 0 Å². The number of likely N-dealkylation sites (N-methyl/N-ethyl adjacent to an activating group) is 1. The first kappa shape index (κ1) is 16.7. The highest BCUT2D eigenvalue weighted by molar-refractivity contribution is 6.03. The minimum Gasteiger partial charge on any atom is -0.497 e. The van der Waals surface area contributed by atoms with E-state index in [-0.39, 0.29) is 5.91 Å². The Bertz CT molecular complexity index is 643. The maximum absolute atomic E-state index is 12.2. The van der Waals surface area contributed by atoms with Gasteiger partial charge in [0.25, 0.3) is 5.91 Å². The van der Waals surface area contributed by atoms with Crippen molar-refractivity contribution in [2.24, 2.45) is 0 Å². The molecule has 0 atom stereocenters. The number of hydrogen-bond acceptors (Lipinski definition) is 6. The fourth-order valence-corrected chi connectivity index (χ4v) is 1.83. The first-order valence-electron chi connectivity index (χ1n) is 7.24. The summed E-state index contributed by atoms with van der Waals surface area (Å²) in [6.45, 7) is 1.61. The van der Waals surface area contributed by atoms with Gasteiger partial charge >= 0.3 is 0 Å². The summed E-state index contributed by atoms with van der Waals surface area (Å²) in [5.74, 6) is 0.919. The summed E-state index contributed by atoms with van der Waals surface area (Å²) in [6, 6.07) is 7.16. The molecular weight excluding hydrogens is 294 g/mol. The highest BCUT2D eigenvalue weighted by Crippen LogP contribution is 2.17. The molecule has 1 heterocycles. The van der Waals surface area contributed by atoms with E-state index in [9.17, 15) is 4.79 Å². The van der Waals surface area contributed by atoms with Gasteiger partial charge in [0.2, 0.25) is 5.95 Å². The predicted molar refractivity (Wildman–Crippen MR) is 90.0 cm³/mol. The molecule has 2 aromatic rings. The molecule has 122 valence electrons. The Morgan fingerprint density at radius 2 is 2.00 bits per heavy atom. The number of hydrogen-bond donors (Lipinski definition) is 2. The predicted octanol–water partition coefficient (Wildman–Crippen LogP) is 1.71. The first-order valence-corrected chi connectivity index (χ1v) is 7.24. The Hall–Kier alpha value is -2.67. The second-order valence-electron chi connectivity index (χ2n) is 5.21. The Morgan fingerprint density at radius 3 is 2.65 bits per heavy atom. The number of carbonyl (C=O) groups excluding carboxylic acids is 1. The van der Waals surface area contributed by atoms with Crippen LogP contribution in [0.1, 0.15) is 10.4 Å². The van der Waals surface area contributed by atoms with Crippen molar-refractivity contribution in [3.8, 4) is 5.75 Å². The molecule has 0 fully saturated rings. The van der Waals surface area contributed by atoms with Gasteiger partial charge in [-0.2, -0.15) is 0 Å². The summed E-state index contributed by atoms with van der Waals surface area (Å²) in [5, 5.41) is 5.88. The molecular formula is C16H21N5O2. The van der Waals surface area contributed by atoms with Crippen molar-refractivity contribution in [2.75, 3.05) is 44.9 Å². The molecule has 0 unspecified atom stereocenters. The Morgan fingerprint density at radius 1 is 1.26 bits per heavy atom. The molecule has 1 amide bonds. The second kappa shape index (κ2) is 8.09. The van der Waals surface area contributed by atoms with Crippen molar-refractivity contribution in [2.45, 2.75) is 0 Å². The van der Waals surface area contributed by atoms with Crippen molar-refractivity contribution < 1.29 is 9.53 Å². The smallest absolute Gasteiger partial charge is 0.258 e. The van der Waals surface area contributed by atoms with Gasteiger partial charge in [0.05, 0.1) is 12.7 Å². The molecule has 2 N–H and O–H groups in total. The van der Waals surface area contributed by atoms with Crippen molar-refractivity contribution >= 4 is 17.5 Å². The molecule has 2 rings (SSSR count). The summed E-state index contributed by atoms with van der Waals surface area (Å²) in [5.41, 5.74) is 1.05. The van der Waals surface area contributed by atoms with Gasteiger partial charge in [-0.3, -0.25) is 4.79 Å². The highest BCUT2D eigenvalue weighted by Gasteiger charge is 2.08. The molecule has 1 aromatic carbocycles. The molecule has 0 bridgehead atoms. The lowest BCUT2D eigenvalue weighted by atomic mass is 10.2. The van der Waals surface area contributed by atoms with E-state index in [1.165, 1.54) is 12.4 Å². The van der Waals surface area contributed by atoms with E-state index in [2.05, 4.69) is 25.5 Å². The zero-order chi connectivity index (χ0) is 16.7. The number of nitrogens with zero attached hydrogens (tertiary/aromatic N) is 3. The van der Waals surface area contributed by atoms with Gasteiger partial charge < -0.3 is 20.3 Å². The molecule has 7 heteroatoms. The van der Waals surface area contributed by atoms with E-state index in [1.807, 2.05) is 26.2 Å². The number of anilines is 2. The number of benzene rings is 1. The average molecular weight is 315 g/mol. The summed E-state index contributed by atoms with van der Waals surface area (Å²) in [7, 11) is 5.57. The lowest BCUT2D eigenvalue weighted by molar-refractivity contribution is 0.102. The molecule has 0 spiro atoms. The largest absolute Gasteiger partial charge is 0.497 e. The van der Waals surface area contributed by atoms with Crippen LogP contribution >= 0.6 is 0 Å². The second-order valence-corrected chi connectivity index (χ2v) is 5.21. The van der Waals surface area contributed by atoms with E-state index >= 15 is 0 Å². The van der Waals surface area contributed by atoms with Gasteiger partial charge in [0.15, 0.2) is 0 Å². The van der Waals surface area contributed by atoms with Crippen molar-refractivity contribution in [3.05, 3.63) is 42.2 Å². The van der Waals surface area contributed by atoms with Gasteiger partial charge in [-0.1, -0.05) is 6.07 Å². The molecule has 0 radical (unpaired) electrons. The quantitative estimate of drug-likeness (QED) is 0.810. The van der Waals surface area contributed by atoms with Crippen LogP contribution in [0.5, 0.6) is 5.75 Å². The summed E-state index contributed by atoms with van der Waals surface area (Å²) in [6.07, 6.45) is 3.00. The van der Waals surface area contributed by atoms with Crippen LogP contribution in [0, 0.1) is 0 Å². The van der Waals surface area contributed by atoms with Crippen LogP contribution in [0.3, 0.4) is 0 Å². The molecule has 0 aliphatic heterocycles. The van der Waals surface area contributed by atoms with Crippen molar-refractivity contribution in [3.63, 3.8) is 0 Å². The summed E-state index contributed by atoms with van der Waals surface area (Å²) >= 11 is 0. The van der Waals surface area contributed by atoms with Crippen LogP contribution in [0.4, 0.5) is 11.6 Å². The Balaban J connectivity index is 1.94. The van der Waals surface area contributed by atoms with E-state index in [0.717, 1.165) is 13.1 Å². The van der Waals surface area contributed by atoms with E-state index in [1.54, 1.807) is 19.2 Å². The zero-order valence-corrected chi connectivity index (χ0v) is 13.5. The van der Waals surface area contributed by atoms with Crippen LogP contribution < -0.4 is 15.4 Å². The standard InChI is InChI=1S/C16H21N5O2/c1-21(2)8-7-17-16-18-10-12(11-19-16)15(22)20-13-5-4-6-14(9-13)23-3/h4-6,9-11H,7-8H2,1-3H3,(H,20,22)(H,17,18,19). The minimum atomic E-state index is -0.266. The number of amides is 1. The third-order valence-electron chi connectivity index (χ3n) is 3.08. The average Bonchev–Trinajstić information content (AvgIpc) is 2.55. The van der Waals surface area contributed by atoms with Gasteiger partial charge in [-0.05, 0) is 26.2 Å². The lowest BCUT2D eigenvalue weighted by Crippen LogP contribution is -2.21. The molecule has 0 saturated heterocycles. The molecule has 7 nitrogen and oxygen atoms in total. The van der Waals surface area contributed by atoms with Gasteiger partial charge in [-0.25, -0.2) is 9.97 Å². The highest BCUT2D eigenvalue weighted by atomic mass is 16.5. The normalized spacial score (nSPS) is 10.4. The zero-order valence-electron chi connectivity index (χ0n) is 13.5. The molecule has 0 saturated carbocycles. The monoisotopic (exact) mass is 315 g/mol. The molecule has 0 aliphatic carbocycles. The van der Waals surface area contributed by atoms with E-state index in [0.29, 0.717) is 22.9 Å². The Kier molecular flexibility index (Phi) is 5.87. The van der Waals surface area contributed by atoms with E-state index in [4.69, 9.17) is 4.74 Å². The van der Waals surface area contributed by atoms with Crippen LogP contribution in [0.15, 0.2) is 36.7 Å². The topological polar surface area (TPSA) is 79.4 Å². The van der Waals surface area contributed by atoms with Crippen molar-refractivity contribution in [1.82, 2.24) is 14.9 Å². The number of ether oxygens (including phenoxy) is 1. The maximum Gasteiger partial charge on any atom is 0.258 e. The molecule has 1 aromatic heterocycles. The van der Waals surface area contributed by atoms with Crippen LogP contribution in [0.25, 0.3) is 0 Å². The van der Waals surface area contributed by atoms with Gasteiger partial charge in [-0.15, -0.1) is 0 Å². The third-order valence-corrected chi connectivity index (χ3v) is 3.08. The number of carbonyl (C=O) groups is 1. The SMILES string of the molecule is COc1cccc(NC(=O)c2cnc(NCCN(C)C)nc2)c1. The molecule has 23 heavy (non-hydrogen) atoms. The number of nitrogens with one attached hydrogen (secondary N) is 2. The van der Waals surface area contributed by atoms with E-state index < -0.39 is 0 Å². The number of methoxy groups -OCH3 is 1. The fourth-order valence-electron chi connectivity index (χ4n) is 1.83. The lowest BCUT2D eigenvalue weighted by Gasteiger charge is -2.10. The Labute approximate surface area is 135 Å². The minimum absolute atomic E-state index is 0.266. The number of aromatic nitrogens is 2.